The summed E-state index contributed by atoms with van der Waals surface area (Å²) in [5, 5.41) is 0. The first kappa shape index (κ1) is 24.9. The number of carbonyl (C=O) groups excluding carboxylic acids is 1. The number of methoxy groups -OCH3 is 1. The Morgan fingerprint density at radius 2 is 1.74 bits per heavy atom. The van der Waals surface area contributed by atoms with Crippen LogP contribution in [0.2, 0.25) is 0 Å². The second-order valence-electron chi connectivity index (χ2n) is 9.11. The molecule has 0 radical (unpaired) electrons. The van der Waals surface area contributed by atoms with Crippen LogP contribution in [0.15, 0.2) is 53.3 Å². The van der Waals surface area contributed by atoms with Crippen molar-refractivity contribution in [3.05, 3.63) is 81.9 Å². The Bertz CT molecular complexity index is 1200. The minimum absolute atomic E-state index is 0.0657. The quantitative estimate of drug-likeness (QED) is 0.356. The summed E-state index contributed by atoms with van der Waals surface area (Å²) in [6.07, 6.45) is 5.06. The van der Waals surface area contributed by atoms with Gasteiger partial charge in [-0.05, 0) is 81.4 Å². The molecule has 1 aliphatic heterocycles. The van der Waals surface area contributed by atoms with Gasteiger partial charge < -0.3 is 9.64 Å². The highest BCUT2D eigenvalue weighted by molar-refractivity contribution is 5.94. The Morgan fingerprint density at radius 1 is 1.03 bits per heavy atom. The molecule has 1 saturated heterocycles. The number of H-pyrrole nitrogens is 1. The molecule has 4 rings (SSSR count). The molecule has 0 aliphatic carbocycles. The van der Waals surface area contributed by atoms with Crippen molar-refractivity contribution < 1.29 is 18.3 Å². The molecule has 0 amide bonds. The Hall–Kier alpha value is -3.26. The highest BCUT2D eigenvalue weighted by Gasteiger charge is 2.23. The van der Waals surface area contributed by atoms with Crippen LogP contribution >= 0.6 is 0 Å². The first-order valence-electron chi connectivity index (χ1n) is 12.1. The SMILES string of the molecule is COC(=O)c1[nH]c(=O)n(CCCCN2CCC(Cc3ccccc3)CC2)c1-c1ccc(F)c(F)c1. The number of aromatic nitrogens is 2. The standard InChI is InChI=1S/C27H31F2N3O3/c1-35-26(33)24-25(21-9-10-22(28)23(29)18-21)32(27(34)30-24)14-6-5-13-31-15-11-20(12-16-31)17-19-7-3-2-4-8-19/h2-4,7-10,18,20H,5-6,11-17H2,1H3,(H,30,34). The van der Waals surface area contributed by atoms with Gasteiger partial charge in [0, 0.05) is 12.1 Å². The molecule has 0 saturated carbocycles. The van der Waals surface area contributed by atoms with Crippen molar-refractivity contribution in [1.29, 1.82) is 0 Å². The number of rotatable bonds is 9. The third kappa shape index (κ3) is 6.06. The number of esters is 1. The third-order valence-corrected chi connectivity index (χ3v) is 6.75. The number of aromatic amines is 1. The number of piperidine rings is 1. The largest absolute Gasteiger partial charge is 0.464 e. The van der Waals surface area contributed by atoms with Crippen LogP contribution in [-0.4, -0.2) is 47.2 Å². The van der Waals surface area contributed by atoms with Crippen molar-refractivity contribution in [2.24, 2.45) is 5.92 Å². The van der Waals surface area contributed by atoms with Gasteiger partial charge in [-0.1, -0.05) is 30.3 Å². The maximum Gasteiger partial charge on any atom is 0.356 e. The molecular formula is C27H31F2N3O3. The molecular weight excluding hydrogens is 452 g/mol. The Labute approximate surface area is 203 Å². The lowest BCUT2D eigenvalue weighted by Crippen LogP contribution is -2.35. The minimum atomic E-state index is -1.05. The number of imidazole rings is 1. The fraction of sp³-hybridized carbons (Fsp3) is 0.407. The van der Waals surface area contributed by atoms with Gasteiger partial charge in [-0.3, -0.25) is 9.55 Å². The van der Waals surface area contributed by atoms with Crippen LogP contribution in [-0.2, 0) is 17.7 Å². The van der Waals surface area contributed by atoms with Gasteiger partial charge in [0.1, 0.15) is 0 Å². The Kier molecular flexibility index (Phi) is 8.13. The first-order valence-corrected chi connectivity index (χ1v) is 12.1. The highest BCUT2D eigenvalue weighted by Crippen LogP contribution is 2.25. The number of benzene rings is 2. The van der Waals surface area contributed by atoms with Gasteiger partial charge in [-0.25, -0.2) is 18.4 Å². The second-order valence-corrected chi connectivity index (χ2v) is 9.11. The van der Waals surface area contributed by atoms with Crippen molar-refractivity contribution in [1.82, 2.24) is 14.5 Å². The predicted molar refractivity (Wildman–Crippen MR) is 130 cm³/mol. The number of carbonyl (C=O) groups is 1. The van der Waals surface area contributed by atoms with Crippen LogP contribution < -0.4 is 5.69 Å². The number of unbranched alkanes of at least 4 members (excludes halogenated alkanes) is 1. The molecule has 2 heterocycles. The minimum Gasteiger partial charge on any atom is -0.464 e. The average molecular weight is 484 g/mol. The summed E-state index contributed by atoms with van der Waals surface area (Å²) in [5.41, 5.74) is 1.30. The van der Waals surface area contributed by atoms with Crippen LogP contribution in [0.5, 0.6) is 0 Å². The van der Waals surface area contributed by atoms with Gasteiger partial charge in [0.15, 0.2) is 17.3 Å². The molecule has 1 N–H and O–H groups in total. The van der Waals surface area contributed by atoms with Gasteiger partial charge in [0.25, 0.3) is 0 Å². The fourth-order valence-electron chi connectivity index (χ4n) is 4.84. The van der Waals surface area contributed by atoms with E-state index in [1.807, 2.05) is 6.07 Å². The molecule has 0 unspecified atom stereocenters. The molecule has 6 nitrogen and oxygen atoms in total. The van der Waals surface area contributed by atoms with Gasteiger partial charge in [0.2, 0.25) is 0 Å². The van der Waals surface area contributed by atoms with Gasteiger partial charge >= 0.3 is 11.7 Å². The molecule has 35 heavy (non-hydrogen) atoms. The maximum absolute atomic E-state index is 13.9. The second kappa shape index (κ2) is 11.4. The normalized spacial score (nSPS) is 14.8. The number of likely N-dealkylation sites (tertiary alicyclic amines) is 1. The van der Waals surface area contributed by atoms with Crippen molar-refractivity contribution in [3.8, 4) is 11.3 Å². The van der Waals surface area contributed by atoms with E-state index < -0.39 is 23.3 Å². The summed E-state index contributed by atoms with van der Waals surface area (Å²) < 4.78 is 33.5. The van der Waals surface area contributed by atoms with E-state index in [-0.39, 0.29) is 17.0 Å². The van der Waals surface area contributed by atoms with E-state index >= 15 is 0 Å². The summed E-state index contributed by atoms with van der Waals surface area (Å²) >= 11 is 0. The number of hydrogen-bond acceptors (Lipinski definition) is 4. The average Bonchev–Trinajstić information content (AvgIpc) is 3.20. The molecule has 0 atom stereocenters. The molecule has 1 fully saturated rings. The smallest absolute Gasteiger partial charge is 0.356 e. The van der Waals surface area contributed by atoms with Crippen molar-refractivity contribution in [2.45, 2.75) is 38.6 Å². The van der Waals surface area contributed by atoms with E-state index in [1.54, 1.807) is 0 Å². The zero-order chi connectivity index (χ0) is 24.8. The Balaban J connectivity index is 1.34. The molecule has 2 aromatic carbocycles. The van der Waals surface area contributed by atoms with E-state index in [0.717, 1.165) is 44.6 Å². The monoisotopic (exact) mass is 483 g/mol. The van der Waals surface area contributed by atoms with Crippen LogP contribution in [0, 0.1) is 17.6 Å². The van der Waals surface area contributed by atoms with E-state index in [2.05, 4.69) is 34.1 Å². The lowest BCUT2D eigenvalue weighted by Gasteiger charge is -2.32. The summed E-state index contributed by atoms with van der Waals surface area (Å²) in [7, 11) is 1.20. The molecule has 8 heteroatoms. The van der Waals surface area contributed by atoms with Crippen LogP contribution in [0.1, 0.15) is 41.7 Å². The van der Waals surface area contributed by atoms with E-state index in [1.165, 1.54) is 36.1 Å². The van der Waals surface area contributed by atoms with E-state index in [0.29, 0.717) is 18.9 Å². The molecule has 186 valence electrons. The number of halogens is 2. The van der Waals surface area contributed by atoms with Crippen molar-refractivity contribution in [3.63, 3.8) is 0 Å². The predicted octanol–water partition coefficient (Wildman–Crippen LogP) is 4.64. The lowest BCUT2D eigenvalue weighted by molar-refractivity contribution is 0.0595. The van der Waals surface area contributed by atoms with Crippen LogP contribution in [0.4, 0.5) is 8.78 Å². The maximum atomic E-state index is 13.9. The lowest BCUT2D eigenvalue weighted by atomic mass is 9.90. The van der Waals surface area contributed by atoms with Gasteiger partial charge in [-0.15, -0.1) is 0 Å². The van der Waals surface area contributed by atoms with Gasteiger partial charge in [-0.2, -0.15) is 0 Å². The molecule has 3 aromatic rings. The molecule has 0 spiro atoms. The molecule has 0 bridgehead atoms. The van der Waals surface area contributed by atoms with Crippen molar-refractivity contribution >= 4 is 5.97 Å². The summed E-state index contributed by atoms with van der Waals surface area (Å²) in [6, 6.07) is 13.9. The molecule has 1 aromatic heterocycles. The zero-order valence-corrected chi connectivity index (χ0v) is 19.9. The van der Waals surface area contributed by atoms with E-state index in [9.17, 15) is 18.4 Å². The van der Waals surface area contributed by atoms with Gasteiger partial charge in [0.05, 0.1) is 12.8 Å². The number of ether oxygens (including phenoxy) is 1. The van der Waals surface area contributed by atoms with Crippen LogP contribution in [0.3, 0.4) is 0 Å². The van der Waals surface area contributed by atoms with Crippen LogP contribution in [0.25, 0.3) is 11.3 Å². The number of nitrogens with zero attached hydrogens (tertiary/aromatic N) is 2. The first-order chi connectivity index (χ1) is 17.0. The number of nitrogens with one attached hydrogen (secondary N) is 1. The highest BCUT2D eigenvalue weighted by atomic mass is 19.2. The zero-order valence-electron chi connectivity index (χ0n) is 19.9. The summed E-state index contributed by atoms with van der Waals surface area (Å²) in [4.78, 5) is 29.8. The Morgan fingerprint density at radius 3 is 2.43 bits per heavy atom. The fourth-order valence-corrected chi connectivity index (χ4v) is 4.84. The van der Waals surface area contributed by atoms with Crippen molar-refractivity contribution in [2.75, 3.05) is 26.7 Å². The number of hydrogen-bond donors (Lipinski definition) is 1. The molecule has 1 aliphatic rings. The summed E-state index contributed by atoms with van der Waals surface area (Å²) in [5.74, 6) is -2.07. The summed E-state index contributed by atoms with van der Waals surface area (Å²) in [6.45, 7) is 3.41. The topological polar surface area (TPSA) is 67.3 Å². The van der Waals surface area contributed by atoms with E-state index in [4.69, 9.17) is 4.74 Å². The third-order valence-electron chi connectivity index (χ3n) is 6.75.